The predicted octanol–water partition coefficient (Wildman–Crippen LogP) is 1.84. The molecule has 0 saturated heterocycles. The van der Waals surface area contributed by atoms with Crippen LogP contribution in [0, 0.1) is 0 Å². The van der Waals surface area contributed by atoms with Gasteiger partial charge in [-0.25, -0.2) is 4.79 Å². The predicted molar refractivity (Wildman–Crippen MR) is 56.3 cm³/mol. The van der Waals surface area contributed by atoms with Crippen molar-refractivity contribution >= 4 is 11.9 Å². The Morgan fingerprint density at radius 2 is 1.60 bits per heavy atom. The fraction of sp³-hybridized carbons (Fsp3) is 0.636. The van der Waals surface area contributed by atoms with Gasteiger partial charge in [0.05, 0.1) is 13.2 Å². The maximum Gasteiger partial charge on any atom is 0.330 e. The standard InChI is InChI=1S/C11H18O4/c1-3-11(13)15-9-7-5-4-6-8-14-10(2)12/h3H,1,4-9H2,2H3. The van der Waals surface area contributed by atoms with Crippen LogP contribution < -0.4 is 0 Å². The number of unbranched alkanes of at least 4 members (excludes halogenated alkanes) is 3. The average Bonchev–Trinajstić information content (AvgIpc) is 2.21. The molecule has 0 bridgehead atoms. The molecule has 0 N–H and O–H groups in total. The monoisotopic (exact) mass is 214 g/mol. The first-order valence-corrected chi connectivity index (χ1v) is 5.09. The van der Waals surface area contributed by atoms with E-state index in [1.807, 2.05) is 0 Å². The molecule has 0 aromatic rings. The van der Waals surface area contributed by atoms with Crippen LogP contribution in [0.3, 0.4) is 0 Å². The molecule has 0 aromatic carbocycles. The molecule has 0 amide bonds. The van der Waals surface area contributed by atoms with Crippen LogP contribution in [-0.4, -0.2) is 25.2 Å². The molecule has 0 aliphatic rings. The molecule has 0 aliphatic heterocycles. The normalized spacial score (nSPS) is 9.40. The van der Waals surface area contributed by atoms with E-state index in [1.165, 1.54) is 6.92 Å². The van der Waals surface area contributed by atoms with E-state index in [2.05, 4.69) is 6.58 Å². The molecule has 0 aromatic heterocycles. The number of hydrogen-bond donors (Lipinski definition) is 0. The highest BCUT2D eigenvalue weighted by Crippen LogP contribution is 2.00. The fourth-order valence-corrected chi connectivity index (χ4v) is 1.01. The van der Waals surface area contributed by atoms with Gasteiger partial charge in [-0.2, -0.15) is 0 Å². The third-order valence-corrected chi connectivity index (χ3v) is 1.75. The van der Waals surface area contributed by atoms with Crippen molar-refractivity contribution in [3.63, 3.8) is 0 Å². The summed E-state index contributed by atoms with van der Waals surface area (Å²) in [6, 6.07) is 0. The Balaban J connectivity index is 3.08. The van der Waals surface area contributed by atoms with Crippen molar-refractivity contribution in [1.29, 1.82) is 0 Å². The summed E-state index contributed by atoms with van der Waals surface area (Å²) in [4.78, 5) is 21.0. The maximum absolute atomic E-state index is 10.6. The minimum absolute atomic E-state index is 0.241. The number of carbonyl (C=O) groups is 2. The van der Waals surface area contributed by atoms with Crippen LogP contribution in [0.2, 0.25) is 0 Å². The second kappa shape index (κ2) is 9.24. The minimum Gasteiger partial charge on any atom is -0.466 e. The lowest BCUT2D eigenvalue weighted by Crippen LogP contribution is -2.02. The highest BCUT2D eigenvalue weighted by atomic mass is 16.5. The van der Waals surface area contributed by atoms with Gasteiger partial charge in [0.2, 0.25) is 0 Å². The highest BCUT2D eigenvalue weighted by molar-refractivity contribution is 5.81. The van der Waals surface area contributed by atoms with Gasteiger partial charge < -0.3 is 9.47 Å². The molecule has 15 heavy (non-hydrogen) atoms. The Hall–Kier alpha value is -1.32. The lowest BCUT2D eigenvalue weighted by Gasteiger charge is -2.02. The topological polar surface area (TPSA) is 52.6 Å². The van der Waals surface area contributed by atoms with Crippen LogP contribution in [0.4, 0.5) is 0 Å². The molecule has 4 nitrogen and oxygen atoms in total. The number of carbonyl (C=O) groups excluding carboxylic acids is 2. The van der Waals surface area contributed by atoms with Gasteiger partial charge in [-0.3, -0.25) is 4.79 Å². The summed E-state index contributed by atoms with van der Waals surface area (Å²) in [5.74, 6) is -0.621. The van der Waals surface area contributed by atoms with Crippen molar-refractivity contribution in [3.8, 4) is 0 Å². The molecule has 0 saturated carbocycles. The van der Waals surface area contributed by atoms with Gasteiger partial charge in [0.25, 0.3) is 0 Å². The second-order valence-electron chi connectivity index (χ2n) is 3.13. The molecular formula is C11H18O4. The van der Waals surface area contributed by atoms with E-state index in [0.717, 1.165) is 31.8 Å². The van der Waals surface area contributed by atoms with Gasteiger partial charge in [-0.1, -0.05) is 6.58 Å². The van der Waals surface area contributed by atoms with Crippen molar-refractivity contribution in [2.75, 3.05) is 13.2 Å². The van der Waals surface area contributed by atoms with Gasteiger partial charge in [-0.15, -0.1) is 0 Å². The summed E-state index contributed by atoms with van der Waals surface area (Å²) in [5, 5.41) is 0. The van der Waals surface area contributed by atoms with Gasteiger partial charge >= 0.3 is 11.9 Å². The Kier molecular flexibility index (Phi) is 8.43. The molecule has 0 aliphatic carbocycles. The number of rotatable bonds is 8. The fourth-order valence-electron chi connectivity index (χ4n) is 1.01. The quantitative estimate of drug-likeness (QED) is 0.351. The first-order chi connectivity index (χ1) is 7.16. The van der Waals surface area contributed by atoms with Crippen LogP contribution >= 0.6 is 0 Å². The summed E-state index contributed by atoms with van der Waals surface area (Å²) in [6.07, 6.45) is 4.78. The molecule has 0 fully saturated rings. The zero-order valence-electron chi connectivity index (χ0n) is 9.16. The summed E-state index contributed by atoms with van der Waals surface area (Å²) in [6.45, 7) is 5.59. The first kappa shape index (κ1) is 13.7. The van der Waals surface area contributed by atoms with Gasteiger partial charge in [0.15, 0.2) is 0 Å². The van der Waals surface area contributed by atoms with Crippen molar-refractivity contribution < 1.29 is 19.1 Å². The smallest absolute Gasteiger partial charge is 0.330 e. The number of esters is 2. The zero-order chi connectivity index (χ0) is 11.5. The Bertz CT molecular complexity index is 211. The molecular weight excluding hydrogens is 196 g/mol. The van der Waals surface area contributed by atoms with Crippen LogP contribution in [0.15, 0.2) is 12.7 Å². The molecule has 0 unspecified atom stereocenters. The molecule has 4 heteroatoms. The average molecular weight is 214 g/mol. The van der Waals surface area contributed by atoms with Crippen LogP contribution in [-0.2, 0) is 19.1 Å². The molecule has 0 heterocycles. The van der Waals surface area contributed by atoms with Crippen LogP contribution in [0.1, 0.15) is 32.6 Å². The van der Waals surface area contributed by atoms with E-state index in [0.29, 0.717) is 13.2 Å². The lowest BCUT2D eigenvalue weighted by atomic mass is 10.2. The minimum atomic E-state index is -0.380. The van der Waals surface area contributed by atoms with Crippen LogP contribution in [0.25, 0.3) is 0 Å². The van der Waals surface area contributed by atoms with E-state index in [9.17, 15) is 9.59 Å². The van der Waals surface area contributed by atoms with E-state index in [1.54, 1.807) is 0 Å². The molecule has 0 radical (unpaired) electrons. The third-order valence-electron chi connectivity index (χ3n) is 1.75. The van der Waals surface area contributed by atoms with Gasteiger partial charge in [-0.05, 0) is 25.7 Å². The van der Waals surface area contributed by atoms with E-state index >= 15 is 0 Å². The first-order valence-electron chi connectivity index (χ1n) is 5.09. The third kappa shape index (κ3) is 10.6. The second-order valence-corrected chi connectivity index (χ2v) is 3.13. The summed E-state index contributed by atoms with van der Waals surface area (Å²) in [5.41, 5.74) is 0. The lowest BCUT2D eigenvalue weighted by molar-refractivity contribution is -0.141. The zero-order valence-corrected chi connectivity index (χ0v) is 9.16. The van der Waals surface area contributed by atoms with Gasteiger partial charge in [0.1, 0.15) is 0 Å². The molecule has 0 rings (SSSR count). The number of hydrogen-bond acceptors (Lipinski definition) is 4. The Morgan fingerprint density at radius 1 is 1.07 bits per heavy atom. The van der Waals surface area contributed by atoms with E-state index < -0.39 is 0 Å². The summed E-state index contributed by atoms with van der Waals surface area (Å²) >= 11 is 0. The van der Waals surface area contributed by atoms with Crippen molar-refractivity contribution in [2.24, 2.45) is 0 Å². The molecule has 0 spiro atoms. The largest absolute Gasteiger partial charge is 0.466 e. The summed E-state index contributed by atoms with van der Waals surface area (Å²) in [7, 11) is 0. The SMILES string of the molecule is C=CC(=O)OCCCCCCOC(C)=O. The molecule has 86 valence electrons. The molecule has 0 atom stereocenters. The van der Waals surface area contributed by atoms with Crippen LogP contribution in [0.5, 0.6) is 0 Å². The van der Waals surface area contributed by atoms with Crippen molar-refractivity contribution in [3.05, 3.63) is 12.7 Å². The van der Waals surface area contributed by atoms with Gasteiger partial charge in [0, 0.05) is 13.0 Å². The Morgan fingerprint density at radius 3 is 2.07 bits per heavy atom. The van der Waals surface area contributed by atoms with E-state index in [-0.39, 0.29) is 11.9 Å². The Labute approximate surface area is 90.2 Å². The summed E-state index contributed by atoms with van der Waals surface area (Å²) < 4.78 is 9.56. The van der Waals surface area contributed by atoms with E-state index in [4.69, 9.17) is 9.47 Å². The highest BCUT2D eigenvalue weighted by Gasteiger charge is 1.96. The number of ether oxygens (including phenoxy) is 2. The maximum atomic E-state index is 10.6. The van der Waals surface area contributed by atoms with Crippen molar-refractivity contribution in [1.82, 2.24) is 0 Å². The van der Waals surface area contributed by atoms with Crippen molar-refractivity contribution in [2.45, 2.75) is 32.6 Å².